The molecule has 20 heavy (non-hydrogen) atoms. The van der Waals surface area contributed by atoms with E-state index in [9.17, 15) is 13.2 Å². The first-order valence-corrected chi connectivity index (χ1v) is 7.73. The second-order valence-electron chi connectivity index (χ2n) is 4.60. The van der Waals surface area contributed by atoms with Crippen LogP contribution < -0.4 is 10.5 Å². The van der Waals surface area contributed by atoms with Crippen molar-refractivity contribution in [3.05, 3.63) is 23.3 Å². The van der Waals surface area contributed by atoms with E-state index in [4.69, 9.17) is 9.88 Å². The molecule has 1 aromatic rings. The fourth-order valence-electron chi connectivity index (χ4n) is 1.71. The molecule has 0 radical (unpaired) electrons. The summed E-state index contributed by atoms with van der Waals surface area (Å²) in [5.74, 6) is -0.184. The van der Waals surface area contributed by atoms with Crippen molar-refractivity contribution < 1.29 is 17.9 Å². The van der Waals surface area contributed by atoms with E-state index >= 15 is 0 Å². The molecular formula is C13H20N2O4S. The van der Waals surface area contributed by atoms with Gasteiger partial charge in [0.15, 0.2) is 0 Å². The monoisotopic (exact) mass is 300 g/mol. The Hall–Kier alpha value is -1.44. The quantitative estimate of drug-likeness (QED) is 0.774. The molecule has 0 heterocycles. The van der Waals surface area contributed by atoms with Gasteiger partial charge in [-0.1, -0.05) is 0 Å². The minimum atomic E-state index is -3.79. The first-order chi connectivity index (χ1) is 9.25. The number of benzene rings is 1. The number of nitrogens with one attached hydrogen (secondary N) is 1. The third kappa shape index (κ3) is 4.59. The summed E-state index contributed by atoms with van der Waals surface area (Å²) in [7, 11) is -2.22. The summed E-state index contributed by atoms with van der Waals surface area (Å²) < 4.78 is 27.7. The fourth-order valence-corrected chi connectivity index (χ4v) is 2.33. The fraction of sp³-hybridized carbons (Fsp3) is 0.462. The second kappa shape index (κ2) is 6.83. The number of hydrogen-bond donors (Lipinski definition) is 2. The Morgan fingerprint density at radius 2 is 2.00 bits per heavy atom. The Morgan fingerprint density at radius 3 is 2.55 bits per heavy atom. The van der Waals surface area contributed by atoms with Gasteiger partial charge in [0.1, 0.15) is 0 Å². The van der Waals surface area contributed by atoms with Gasteiger partial charge < -0.3 is 10.1 Å². The summed E-state index contributed by atoms with van der Waals surface area (Å²) in [6.07, 6.45) is 0.918. The number of ether oxygens (including phenoxy) is 1. The van der Waals surface area contributed by atoms with Crippen molar-refractivity contribution >= 4 is 21.6 Å². The van der Waals surface area contributed by atoms with E-state index in [-0.39, 0.29) is 10.8 Å². The number of nitrogens with two attached hydrogens (primary N) is 1. The summed E-state index contributed by atoms with van der Waals surface area (Å²) in [4.78, 5) is 11.8. The number of carbonyl (C=O) groups excluding carboxylic acids is 1. The predicted octanol–water partition coefficient (Wildman–Crippen LogP) is 1.32. The van der Waals surface area contributed by atoms with Crippen LogP contribution in [0.25, 0.3) is 0 Å². The van der Waals surface area contributed by atoms with Crippen molar-refractivity contribution in [3.8, 4) is 0 Å². The number of amides is 1. The Balaban J connectivity index is 2.95. The maximum atomic E-state index is 11.8. The maximum Gasteiger partial charge on any atom is 0.238 e. The number of sulfonamides is 1. The topological polar surface area (TPSA) is 98.5 Å². The summed E-state index contributed by atoms with van der Waals surface area (Å²) in [6, 6.07) is 2.87. The molecule has 0 spiro atoms. The van der Waals surface area contributed by atoms with E-state index in [0.29, 0.717) is 25.1 Å². The highest BCUT2D eigenvalue weighted by atomic mass is 32.2. The lowest BCUT2D eigenvalue weighted by molar-refractivity contribution is -0.116. The lowest BCUT2D eigenvalue weighted by Crippen LogP contribution is -2.16. The van der Waals surface area contributed by atoms with Crippen molar-refractivity contribution in [2.24, 2.45) is 5.14 Å². The number of primary sulfonamides is 1. The molecular weight excluding hydrogens is 280 g/mol. The van der Waals surface area contributed by atoms with Crippen molar-refractivity contribution in [1.29, 1.82) is 0 Å². The molecule has 0 aromatic heterocycles. The van der Waals surface area contributed by atoms with Crippen LogP contribution in [0, 0.1) is 13.8 Å². The van der Waals surface area contributed by atoms with E-state index in [2.05, 4.69) is 5.32 Å². The Morgan fingerprint density at radius 1 is 1.35 bits per heavy atom. The zero-order valence-corrected chi connectivity index (χ0v) is 12.7. The average Bonchev–Trinajstić information content (AvgIpc) is 2.33. The number of aryl methyl sites for hydroxylation is 1. The first kappa shape index (κ1) is 16.6. The predicted molar refractivity (Wildman–Crippen MR) is 77.0 cm³/mol. The minimum absolute atomic E-state index is 0.00667. The van der Waals surface area contributed by atoms with Crippen LogP contribution in [-0.2, 0) is 19.6 Å². The average molecular weight is 300 g/mol. The smallest absolute Gasteiger partial charge is 0.238 e. The third-order valence-electron chi connectivity index (χ3n) is 3.00. The van der Waals surface area contributed by atoms with Crippen molar-refractivity contribution in [1.82, 2.24) is 0 Å². The van der Waals surface area contributed by atoms with E-state index in [0.717, 1.165) is 11.1 Å². The van der Waals surface area contributed by atoms with Crippen LogP contribution in [0.15, 0.2) is 17.0 Å². The molecule has 0 bridgehead atoms. The molecule has 3 N–H and O–H groups in total. The van der Waals surface area contributed by atoms with Gasteiger partial charge >= 0.3 is 0 Å². The molecule has 0 aliphatic heterocycles. The van der Waals surface area contributed by atoms with Gasteiger partial charge in [0.2, 0.25) is 15.9 Å². The molecule has 1 amide bonds. The van der Waals surface area contributed by atoms with Crippen molar-refractivity contribution in [2.75, 3.05) is 19.0 Å². The summed E-state index contributed by atoms with van der Waals surface area (Å²) in [5, 5.41) is 7.82. The first-order valence-electron chi connectivity index (χ1n) is 6.18. The molecule has 0 atom stereocenters. The van der Waals surface area contributed by atoms with Crippen LogP contribution in [-0.4, -0.2) is 28.0 Å². The highest BCUT2D eigenvalue weighted by molar-refractivity contribution is 7.89. The van der Waals surface area contributed by atoms with Gasteiger partial charge in [-0.05, 0) is 43.5 Å². The van der Waals surface area contributed by atoms with Gasteiger partial charge in [0, 0.05) is 25.8 Å². The van der Waals surface area contributed by atoms with E-state index in [1.807, 2.05) is 6.92 Å². The molecule has 0 unspecified atom stereocenters. The largest absolute Gasteiger partial charge is 0.385 e. The maximum absolute atomic E-state index is 11.8. The molecule has 1 aromatic carbocycles. The van der Waals surface area contributed by atoms with Gasteiger partial charge in [-0.25, -0.2) is 13.6 Å². The Labute approximate surface area is 119 Å². The SMILES string of the molecule is COCCCC(=O)Nc1cc(S(N)(=O)=O)cc(C)c1C. The van der Waals surface area contributed by atoms with Crippen molar-refractivity contribution in [2.45, 2.75) is 31.6 Å². The molecule has 0 saturated heterocycles. The van der Waals surface area contributed by atoms with Crippen LogP contribution in [0.4, 0.5) is 5.69 Å². The highest BCUT2D eigenvalue weighted by Gasteiger charge is 2.14. The molecule has 0 aliphatic rings. The Kier molecular flexibility index (Phi) is 5.67. The molecule has 0 aliphatic carbocycles. The van der Waals surface area contributed by atoms with Gasteiger partial charge in [-0.2, -0.15) is 0 Å². The summed E-state index contributed by atoms with van der Waals surface area (Å²) >= 11 is 0. The zero-order valence-electron chi connectivity index (χ0n) is 11.9. The van der Waals surface area contributed by atoms with Gasteiger partial charge in [0.25, 0.3) is 0 Å². The summed E-state index contributed by atoms with van der Waals surface area (Å²) in [5.41, 5.74) is 2.04. The highest BCUT2D eigenvalue weighted by Crippen LogP contribution is 2.23. The number of anilines is 1. The minimum Gasteiger partial charge on any atom is -0.385 e. The van der Waals surface area contributed by atoms with E-state index < -0.39 is 10.0 Å². The van der Waals surface area contributed by atoms with E-state index in [1.54, 1.807) is 14.0 Å². The summed E-state index contributed by atoms with van der Waals surface area (Å²) in [6.45, 7) is 4.08. The molecule has 6 nitrogen and oxygen atoms in total. The van der Waals surface area contributed by atoms with Crippen LogP contribution in [0.2, 0.25) is 0 Å². The number of hydrogen-bond acceptors (Lipinski definition) is 4. The van der Waals surface area contributed by atoms with Gasteiger partial charge in [0.05, 0.1) is 4.90 Å². The number of carbonyl (C=O) groups is 1. The molecule has 1 rings (SSSR count). The third-order valence-corrected chi connectivity index (χ3v) is 3.89. The molecule has 0 fully saturated rings. The molecule has 0 saturated carbocycles. The van der Waals surface area contributed by atoms with E-state index in [1.165, 1.54) is 12.1 Å². The van der Waals surface area contributed by atoms with Crippen LogP contribution >= 0.6 is 0 Å². The lowest BCUT2D eigenvalue weighted by atomic mass is 10.1. The van der Waals surface area contributed by atoms with Gasteiger partial charge in [-0.3, -0.25) is 4.79 Å². The number of rotatable bonds is 6. The lowest BCUT2D eigenvalue weighted by Gasteiger charge is -2.12. The molecule has 112 valence electrons. The van der Waals surface area contributed by atoms with Crippen LogP contribution in [0.1, 0.15) is 24.0 Å². The molecule has 7 heteroatoms. The second-order valence-corrected chi connectivity index (χ2v) is 6.16. The number of methoxy groups -OCH3 is 1. The Bertz CT molecular complexity index is 597. The van der Waals surface area contributed by atoms with Gasteiger partial charge in [-0.15, -0.1) is 0 Å². The normalized spacial score (nSPS) is 11.4. The van der Waals surface area contributed by atoms with Crippen molar-refractivity contribution in [3.63, 3.8) is 0 Å². The standard InChI is InChI=1S/C13H20N2O4S/c1-9-7-11(20(14,17)18)8-12(10(9)2)15-13(16)5-4-6-19-3/h7-8H,4-6H2,1-3H3,(H,15,16)(H2,14,17,18). The van der Waals surface area contributed by atoms with Crippen LogP contribution in [0.5, 0.6) is 0 Å². The zero-order chi connectivity index (χ0) is 15.3. The van der Waals surface area contributed by atoms with Crippen LogP contribution in [0.3, 0.4) is 0 Å².